The topological polar surface area (TPSA) is 101 Å². The highest BCUT2D eigenvalue weighted by Crippen LogP contribution is 2.11. The van der Waals surface area contributed by atoms with E-state index in [9.17, 15) is 0 Å². The van der Waals surface area contributed by atoms with Crippen molar-refractivity contribution in [2.75, 3.05) is 33.0 Å². The molecule has 0 bridgehead atoms. The highest BCUT2D eigenvalue weighted by atomic mass is 16.3. The van der Waals surface area contributed by atoms with E-state index < -0.39 is 31.8 Å². The average molecular weight is 224 g/mol. The Labute approximate surface area is 91.0 Å². The Morgan fingerprint density at radius 3 is 1.20 bits per heavy atom. The molecule has 5 heteroatoms. The Hall–Kier alpha value is -0.200. The smallest absolute Gasteiger partial charge is 0.0627 e. The van der Waals surface area contributed by atoms with Gasteiger partial charge in [-0.05, 0) is 6.42 Å². The molecular weight excluding hydrogens is 200 g/mol. The molecule has 0 rings (SSSR count). The Morgan fingerprint density at radius 1 is 0.733 bits per heavy atom. The van der Waals surface area contributed by atoms with Gasteiger partial charge in [0.1, 0.15) is 0 Å². The van der Waals surface area contributed by atoms with Gasteiger partial charge in [0.25, 0.3) is 0 Å². The first-order chi connectivity index (χ1) is 7.16. The molecule has 0 radical (unpaired) electrons. The quantitative estimate of drug-likeness (QED) is 0.361. The van der Waals surface area contributed by atoms with Crippen molar-refractivity contribution in [3.8, 4) is 0 Å². The Bertz CT molecular complexity index is 92.9. The maximum absolute atomic E-state index is 8.50. The fourth-order valence-corrected chi connectivity index (χ4v) is 0.662. The fourth-order valence-electron chi connectivity index (χ4n) is 0.662. The van der Waals surface area contributed by atoms with E-state index in [-0.39, 0.29) is 0 Å². The van der Waals surface area contributed by atoms with Gasteiger partial charge in [-0.2, -0.15) is 0 Å². The number of hydrogen-bond acceptors (Lipinski definition) is 5. The van der Waals surface area contributed by atoms with E-state index >= 15 is 0 Å². The summed E-state index contributed by atoms with van der Waals surface area (Å²) in [5.41, 5.74) is -1.11. The molecule has 0 saturated heterocycles. The molecule has 15 heavy (non-hydrogen) atoms. The molecule has 0 aromatic heterocycles. The summed E-state index contributed by atoms with van der Waals surface area (Å²) in [7, 11) is 0. The second kappa shape index (κ2) is 11.9. The molecule has 0 saturated carbocycles. The summed E-state index contributed by atoms with van der Waals surface area (Å²) < 4.78 is 0. The third-order valence-corrected chi connectivity index (χ3v) is 2.10. The van der Waals surface area contributed by atoms with Gasteiger partial charge in [0.05, 0.1) is 31.8 Å². The molecule has 0 fully saturated rings. The van der Waals surface area contributed by atoms with Gasteiger partial charge in [-0.3, -0.25) is 0 Å². The zero-order valence-corrected chi connectivity index (χ0v) is 9.39. The number of unbranched alkanes of at least 4 members (excludes halogenated alkanes) is 2. The second-order valence-corrected chi connectivity index (χ2v) is 3.56. The monoisotopic (exact) mass is 224 g/mol. The maximum Gasteiger partial charge on any atom is 0.0627 e. The van der Waals surface area contributed by atoms with Crippen LogP contribution in [0.2, 0.25) is 0 Å². The number of aliphatic hydroxyl groups excluding tert-OH is 5. The van der Waals surface area contributed by atoms with E-state index in [0.29, 0.717) is 6.61 Å². The minimum atomic E-state index is -1.11. The normalized spacial score (nSPS) is 10.8. The lowest BCUT2D eigenvalue weighted by Crippen LogP contribution is -2.37. The fraction of sp³-hybridized carbons (Fsp3) is 1.00. The highest BCUT2D eigenvalue weighted by molar-refractivity contribution is 4.74. The first kappa shape index (κ1) is 17.2. The molecule has 0 unspecified atom stereocenters. The van der Waals surface area contributed by atoms with Crippen molar-refractivity contribution in [3.63, 3.8) is 0 Å². The van der Waals surface area contributed by atoms with Crippen LogP contribution in [0.15, 0.2) is 0 Å². The van der Waals surface area contributed by atoms with Gasteiger partial charge in [0.2, 0.25) is 0 Å². The van der Waals surface area contributed by atoms with Crippen molar-refractivity contribution in [3.05, 3.63) is 0 Å². The Kier molecular flexibility index (Phi) is 13.6. The van der Waals surface area contributed by atoms with Crippen LogP contribution in [0.5, 0.6) is 0 Å². The van der Waals surface area contributed by atoms with Crippen LogP contribution in [-0.2, 0) is 0 Å². The van der Waals surface area contributed by atoms with Crippen molar-refractivity contribution in [1.29, 1.82) is 0 Å². The van der Waals surface area contributed by atoms with Crippen LogP contribution in [0.4, 0.5) is 0 Å². The lowest BCUT2D eigenvalue weighted by molar-refractivity contribution is -0.0328. The molecule has 5 N–H and O–H groups in total. The molecule has 5 nitrogen and oxygen atoms in total. The Morgan fingerprint density at radius 2 is 1.13 bits per heavy atom. The lowest BCUT2D eigenvalue weighted by Gasteiger charge is -2.23. The van der Waals surface area contributed by atoms with E-state index in [1.165, 1.54) is 6.42 Å². The minimum Gasteiger partial charge on any atom is -0.396 e. The summed E-state index contributed by atoms with van der Waals surface area (Å²) in [5.74, 6) is 0. The van der Waals surface area contributed by atoms with E-state index in [1.54, 1.807) is 0 Å². The third-order valence-electron chi connectivity index (χ3n) is 2.10. The van der Waals surface area contributed by atoms with Crippen molar-refractivity contribution < 1.29 is 25.5 Å². The van der Waals surface area contributed by atoms with Crippen LogP contribution in [-0.4, -0.2) is 58.6 Å². The molecule has 94 valence electrons. The summed E-state index contributed by atoms with van der Waals surface area (Å²) >= 11 is 0. The summed E-state index contributed by atoms with van der Waals surface area (Å²) in [5, 5.41) is 42.2. The van der Waals surface area contributed by atoms with Crippen LogP contribution >= 0.6 is 0 Å². The van der Waals surface area contributed by atoms with E-state index in [0.717, 1.165) is 12.8 Å². The summed E-state index contributed by atoms with van der Waals surface area (Å²) in [6.07, 6.45) is 3.33. The molecule has 0 aliphatic heterocycles. The summed E-state index contributed by atoms with van der Waals surface area (Å²) in [6, 6.07) is 0. The van der Waals surface area contributed by atoms with E-state index in [4.69, 9.17) is 25.5 Å². The van der Waals surface area contributed by atoms with Gasteiger partial charge in [-0.1, -0.05) is 19.8 Å². The van der Waals surface area contributed by atoms with Gasteiger partial charge >= 0.3 is 0 Å². The van der Waals surface area contributed by atoms with Crippen LogP contribution in [0.1, 0.15) is 26.2 Å². The second-order valence-electron chi connectivity index (χ2n) is 3.56. The van der Waals surface area contributed by atoms with Crippen LogP contribution in [0.3, 0.4) is 0 Å². The minimum absolute atomic E-state index is 0.355. The molecule has 0 heterocycles. The van der Waals surface area contributed by atoms with Crippen LogP contribution in [0, 0.1) is 5.41 Å². The third kappa shape index (κ3) is 8.77. The van der Waals surface area contributed by atoms with Gasteiger partial charge in [0.15, 0.2) is 0 Å². The maximum atomic E-state index is 8.50. The van der Waals surface area contributed by atoms with Gasteiger partial charge in [-0.25, -0.2) is 0 Å². The van der Waals surface area contributed by atoms with E-state index in [2.05, 4.69) is 6.92 Å². The SMILES string of the molecule is CCCCCO.OCC(CO)(CO)CO. The number of hydrogen-bond donors (Lipinski definition) is 5. The first-order valence-corrected chi connectivity index (χ1v) is 5.20. The van der Waals surface area contributed by atoms with Crippen LogP contribution < -0.4 is 0 Å². The lowest BCUT2D eigenvalue weighted by atomic mass is 9.93. The van der Waals surface area contributed by atoms with Crippen molar-refractivity contribution >= 4 is 0 Å². The van der Waals surface area contributed by atoms with Gasteiger partial charge in [-0.15, -0.1) is 0 Å². The molecule has 0 amide bonds. The molecule has 0 spiro atoms. The molecule has 0 aliphatic carbocycles. The van der Waals surface area contributed by atoms with Gasteiger partial charge in [0, 0.05) is 6.61 Å². The standard InChI is InChI=1S/C5H12O4.C5H12O/c6-1-5(2-7,3-8)4-9;1-2-3-4-5-6/h6-9H,1-4H2;6H,2-5H2,1H3. The predicted octanol–water partition coefficient (Wildman–Crippen LogP) is -0.889. The van der Waals surface area contributed by atoms with Crippen LogP contribution in [0.25, 0.3) is 0 Å². The zero-order valence-electron chi connectivity index (χ0n) is 9.39. The average Bonchev–Trinajstić information content (AvgIpc) is 2.31. The molecular formula is C10H24O5. The molecule has 0 atom stereocenters. The summed E-state index contributed by atoms with van der Waals surface area (Å²) in [4.78, 5) is 0. The molecule has 0 aliphatic rings. The van der Waals surface area contributed by atoms with Gasteiger partial charge < -0.3 is 25.5 Å². The number of aliphatic hydroxyl groups is 5. The first-order valence-electron chi connectivity index (χ1n) is 5.20. The highest BCUT2D eigenvalue weighted by Gasteiger charge is 2.26. The van der Waals surface area contributed by atoms with E-state index in [1.807, 2.05) is 0 Å². The largest absolute Gasteiger partial charge is 0.396 e. The number of rotatable bonds is 7. The van der Waals surface area contributed by atoms with Crippen molar-refractivity contribution in [2.24, 2.45) is 5.41 Å². The zero-order chi connectivity index (χ0) is 12.2. The molecule has 0 aromatic rings. The van der Waals surface area contributed by atoms with Crippen molar-refractivity contribution in [1.82, 2.24) is 0 Å². The predicted molar refractivity (Wildman–Crippen MR) is 57.4 cm³/mol. The Balaban J connectivity index is 0. The van der Waals surface area contributed by atoms with Crippen molar-refractivity contribution in [2.45, 2.75) is 26.2 Å². The molecule has 0 aromatic carbocycles. The summed E-state index contributed by atoms with van der Waals surface area (Å²) in [6.45, 7) is 0.851.